The van der Waals surface area contributed by atoms with E-state index in [1.807, 2.05) is 0 Å². The molecular weight excluding hydrogens is 246 g/mol. The van der Waals surface area contributed by atoms with Crippen molar-refractivity contribution in [1.82, 2.24) is 35.1 Å². The molecule has 2 aromatic rings. The number of hydrogen-bond donors (Lipinski definition) is 2. The monoisotopic (exact) mass is 257 g/mol. The van der Waals surface area contributed by atoms with Crippen LogP contribution in [0, 0.1) is 0 Å². The number of aromatic amines is 1. The van der Waals surface area contributed by atoms with Crippen LogP contribution in [0.1, 0.15) is 18.8 Å². The second-order valence-electron chi connectivity index (χ2n) is 3.46. The molecule has 0 aliphatic carbocycles. The predicted octanol–water partition coefficient (Wildman–Crippen LogP) is -1.03. The zero-order valence-electron chi connectivity index (χ0n) is 9.19. The first-order valence-electron chi connectivity index (χ1n) is 4.73. The highest BCUT2D eigenvalue weighted by Crippen LogP contribution is 2.12. The average molecular weight is 257 g/mol. The summed E-state index contributed by atoms with van der Waals surface area (Å²) in [4.78, 5) is 0.0929. The van der Waals surface area contributed by atoms with Gasteiger partial charge in [0, 0.05) is 13.2 Å². The first-order chi connectivity index (χ1) is 7.99. The maximum absolute atomic E-state index is 11.9. The number of nitrogens with zero attached hydrogens (tertiary/aromatic N) is 5. The third kappa shape index (κ3) is 2.47. The number of nitrogens with one attached hydrogen (secondary N) is 2. The normalized spacial score (nSPS) is 13.8. The van der Waals surface area contributed by atoms with Crippen molar-refractivity contribution in [2.45, 2.75) is 17.9 Å². The lowest BCUT2D eigenvalue weighted by molar-refractivity contribution is 0.560. The molecule has 17 heavy (non-hydrogen) atoms. The zero-order chi connectivity index (χ0) is 12.5. The highest BCUT2D eigenvalue weighted by Gasteiger charge is 2.21. The van der Waals surface area contributed by atoms with Crippen molar-refractivity contribution >= 4 is 10.0 Å². The van der Waals surface area contributed by atoms with Crippen LogP contribution in [0.2, 0.25) is 0 Å². The molecule has 0 bridgehead atoms. The molecule has 10 heteroatoms. The standard InChI is InChI=1S/C7H11N7O2S/c1-5(7-9-12-13-10-7)11-17(15,16)6-3-8-14(2)4-6/h3-5,11H,1-2H3,(H,9,10,12,13). The molecule has 0 saturated carbocycles. The van der Waals surface area contributed by atoms with Crippen molar-refractivity contribution in [1.29, 1.82) is 0 Å². The Bertz CT molecular complexity index is 588. The summed E-state index contributed by atoms with van der Waals surface area (Å²) in [6.45, 7) is 1.62. The van der Waals surface area contributed by atoms with E-state index in [4.69, 9.17) is 0 Å². The minimum absolute atomic E-state index is 0.0929. The molecule has 0 aliphatic heterocycles. The Kier molecular flexibility index (Phi) is 2.90. The van der Waals surface area contributed by atoms with Gasteiger partial charge in [0.05, 0.1) is 12.2 Å². The summed E-state index contributed by atoms with van der Waals surface area (Å²) in [7, 11) is -1.98. The fourth-order valence-electron chi connectivity index (χ4n) is 1.24. The van der Waals surface area contributed by atoms with Crippen LogP contribution in [-0.2, 0) is 17.1 Å². The van der Waals surface area contributed by atoms with E-state index in [1.165, 1.54) is 17.1 Å². The van der Waals surface area contributed by atoms with Crippen LogP contribution in [0.15, 0.2) is 17.3 Å². The third-order valence-electron chi connectivity index (χ3n) is 2.07. The van der Waals surface area contributed by atoms with Crippen LogP contribution in [0.4, 0.5) is 0 Å². The number of aromatic nitrogens is 6. The fraction of sp³-hybridized carbons (Fsp3) is 0.429. The van der Waals surface area contributed by atoms with Gasteiger partial charge in [-0.1, -0.05) is 5.21 Å². The molecule has 0 amide bonds. The van der Waals surface area contributed by atoms with E-state index in [9.17, 15) is 8.42 Å². The summed E-state index contributed by atoms with van der Waals surface area (Å²) in [6, 6.07) is -0.570. The molecule has 2 rings (SSSR count). The van der Waals surface area contributed by atoms with Crippen molar-refractivity contribution in [3.05, 3.63) is 18.2 Å². The van der Waals surface area contributed by atoms with E-state index >= 15 is 0 Å². The SMILES string of the molecule is CC(NS(=O)(=O)c1cnn(C)c1)c1nn[nH]n1. The summed E-state index contributed by atoms with van der Waals surface area (Å²) in [5.41, 5.74) is 0. The van der Waals surface area contributed by atoms with E-state index in [2.05, 4.69) is 30.4 Å². The van der Waals surface area contributed by atoms with Gasteiger partial charge in [-0.2, -0.15) is 10.3 Å². The van der Waals surface area contributed by atoms with Crippen molar-refractivity contribution in [3.8, 4) is 0 Å². The number of sulfonamides is 1. The van der Waals surface area contributed by atoms with E-state index in [0.29, 0.717) is 0 Å². The molecule has 9 nitrogen and oxygen atoms in total. The van der Waals surface area contributed by atoms with Gasteiger partial charge in [0.15, 0.2) is 5.82 Å². The Morgan fingerprint density at radius 2 is 2.29 bits per heavy atom. The van der Waals surface area contributed by atoms with Gasteiger partial charge in [-0.05, 0) is 6.92 Å². The molecular formula is C7H11N7O2S. The van der Waals surface area contributed by atoms with Crippen LogP contribution >= 0.6 is 0 Å². The summed E-state index contributed by atoms with van der Waals surface area (Å²) in [5, 5.41) is 16.8. The fourth-order valence-corrected chi connectivity index (χ4v) is 2.43. The van der Waals surface area contributed by atoms with Crippen LogP contribution in [0.25, 0.3) is 0 Å². The average Bonchev–Trinajstić information content (AvgIpc) is 2.86. The number of hydrogen-bond acceptors (Lipinski definition) is 6. The molecule has 2 N–H and O–H groups in total. The Morgan fingerprint density at radius 3 is 2.82 bits per heavy atom. The zero-order valence-corrected chi connectivity index (χ0v) is 10.0. The third-order valence-corrected chi connectivity index (χ3v) is 3.57. The number of aryl methyl sites for hydroxylation is 1. The minimum atomic E-state index is -3.62. The van der Waals surface area contributed by atoms with Crippen LogP contribution < -0.4 is 4.72 Å². The van der Waals surface area contributed by atoms with Gasteiger partial charge in [-0.15, -0.1) is 10.2 Å². The first kappa shape index (κ1) is 11.7. The van der Waals surface area contributed by atoms with E-state index in [1.54, 1.807) is 14.0 Å². The second kappa shape index (κ2) is 4.22. The quantitative estimate of drug-likeness (QED) is 0.723. The van der Waals surface area contributed by atoms with Gasteiger partial charge >= 0.3 is 0 Å². The lowest BCUT2D eigenvalue weighted by Gasteiger charge is -2.08. The summed E-state index contributed by atoms with van der Waals surface area (Å²) >= 11 is 0. The highest BCUT2D eigenvalue weighted by molar-refractivity contribution is 7.89. The van der Waals surface area contributed by atoms with E-state index < -0.39 is 16.1 Å². The first-order valence-corrected chi connectivity index (χ1v) is 6.21. The predicted molar refractivity (Wildman–Crippen MR) is 56.1 cm³/mol. The molecule has 1 unspecified atom stereocenters. The molecule has 0 spiro atoms. The second-order valence-corrected chi connectivity index (χ2v) is 5.18. The molecule has 1 atom stereocenters. The summed E-state index contributed by atoms with van der Waals surface area (Å²) < 4.78 is 27.6. The Hall–Kier alpha value is -1.81. The Balaban J connectivity index is 2.18. The van der Waals surface area contributed by atoms with Crippen LogP contribution in [0.3, 0.4) is 0 Å². The maximum atomic E-state index is 11.9. The largest absolute Gasteiger partial charge is 0.274 e. The lowest BCUT2D eigenvalue weighted by atomic mass is 10.4. The van der Waals surface area contributed by atoms with Crippen molar-refractivity contribution in [3.63, 3.8) is 0 Å². The molecule has 92 valence electrons. The number of H-pyrrole nitrogens is 1. The maximum Gasteiger partial charge on any atom is 0.244 e. The minimum Gasteiger partial charge on any atom is -0.274 e. The Labute approximate surface area is 97.3 Å². The van der Waals surface area contributed by atoms with Gasteiger partial charge < -0.3 is 0 Å². The molecule has 2 aromatic heterocycles. The molecule has 0 saturated heterocycles. The topological polar surface area (TPSA) is 118 Å². The lowest BCUT2D eigenvalue weighted by Crippen LogP contribution is -2.27. The van der Waals surface area contributed by atoms with Gasteiger partial charge in [-0.25, -0.2) is 13.1 Å². The molecule has 0 aromatic carbocycles. The van der Waals surface area contributed by atoms with Crippen LogP contribution in [-0.4, -0.2) is 38.8 Å². The van der Waals surface area contributed by atoms with Crippen molar-refractivity contribution < 1.29 is 8.42 Å². The van der Waals surface area contributed by atoms with Crippen LogP contribution in [0.5, 0.6) is 0 Å². The number of rotatable bonds is 4. The van der Waals surface area contributed by atoms with Gasteiger partial charge in [0.2, 0.25) is 10.0 Å². The smallest absolute Gasteiger partial charge is 0.244 e. The van der Waals surface area contributed by atoms with Gasteiger partial charge in [-0.3, -0.25) is 4.68 Å². The van der Waals surface area contributed by atoms with Crippen molar-refractivity contribution in [2.24, 2.45) is 7.05 Å². The molecule has 0 aliphatic rings. The van der Waals surface area contributed by atoms with Gasteiger partial charge in [0.1, 0.15) is 4.90 Å². The van der Waals surface area contributed by atoms with Crippen molar-refractivity contribution in [2.75, 3.05) is 0 Å². The van der Waals surface area contributed by atoms with E-state index in [-0.39, 0.29) is 10.7 Å². The Morgan fingerprint density at radius 1 is 1.53 bits per heavy atom. The molecule has 2 heterocycles. The molecule has 0 fully saturated rings. The van der Waals surface area contributed by atoms with Gasteiger partial charge in [0.25, 0.3) is 0 Å². The summed E-state index contributed by atoms with van der Waals surface area (Å²) in [6.07, 6.45) is 2.68. The highest BCUT2D eigenvalue weighted by atomic mass is 32.2. The summed E-state index contributed by atoms with van der Waals surface area (Å²) in [5.74, 6) is 0.275. The van der Waals surface area contributed by atoms with E-state index in [0.717, 1.165) is 0 Å². The number of tetrazole rings is 1. The molecule has 0 radical (unpaired) electrons.